The fraction of sp³-hybridized carbons (Fsp3) is 0.615. The molecule has 0 saturated heterocycles. The lowest BCUT2D eigenvalue weighted by atomic mass is 10.0. The molecule has 0 amide bonds. The van der Waals surface area contributed by atoms with Crippen molar-refractivity contribution in [3.63, 3.8) is 0 Å². The molecule has 0 spiro atoms. The summed E-state index contributed by atoms with van der Waals surface area (Å²) in [6, 6.07) is 2.58. The van der Waals surface area contributed by atoms with Crippen LogP contribution in [0.4, 0.5) is 0 Å². The normalized spacial score (nSPS) is 12.3. The monoisotopic (exact) mass is 286 g/mol. The minimum absolute atomic E-state index is 0.139. The van der Waals surface area contributed by atoms with Crippen molar-refractivity contribution in [3.05, 3.63) is 28.7 Å². The van der Waals surface area contributed by atoms with Gasteiger partial charge in [-0.25, -0.2) is 8.42 Å². The van der Waals surface area contributed by atoms with E-state index in [-0.39, 0.29) is 10.5 Å². The first-order valence-electron chi connectivity index (χ1n) is 6.64. The highest BCUT2D eigenvalue weighted by molar-refractivity contribution is 7.89. The summed E-state index contributed by atoms with van der Waals surface area (Å²) in [5.74, 6) is 0.359. The van der Waals surface area contributed by atoms with Crippen molar-refractivity contribution in [2.45, 2.75) is 38.5 Å². The van der Waals surface area contributed by atoms with Crippen LogP contribution in [0.15, 0.2) is 28.0 Å². The maximum absolute atomic E-state index is 12.4. The first-order valence-corrected chi connectivity index (χ1v) is 8.08. The fourth-order valence-corrected chi connectivity index (χ4v) is 3.43. The third-order valence-corrected chi connectivity index (χ3v) is 5.30. The molecule has 1 aromatic heterocycles. The van der Waals surface area contributed by atoms with Gasteiger partial charge in [-0.1, -0.05) is 33.6 Å². The zero-order chi connectivity index (χ0) is 14.5. The maximum atomic E-state index is 12.4. The van der Waals surface area contributed by atoms with Crippen molar-refractivity contribution in [2.24, 2.45) is 5.92 Å². The van der Waals surface area contributed by atoms with Gasteiger partial charge in [0.2, 0.25) is 15.6 Å². The van der Waals surface area contributed by atoms with Gasteiger partial charge in [-0.15, -0.1) is 0 Å². The lowest BCUT2D eigenvalue weighted by Crippen LogP contribution is -2.35. The van der Waals surface area contributed by atoms with Gasteiger partial charge in [-0.2, -0.15) is 4.31 Å². The smallest absolute Gasteiger partial charge is 0.247 e. The first-order chi connectivity index (χ1) is 8.95. The Morgan fingerprint density at radius 1 is 1.21 bits per heavy atom. The summed E-state index contributed by atoms with van der Waals surface area (Å²) >= 11 is 0. The highest BCUT2D eigenvalue weighted by atomic mass is 32.2. The van der Waals surface area contributed by atoms with E-state index in [1.165, 1.54) is 22.6 Å². The van der Waals surface area contributed by atoms with Gasteiger partial charge in [0.05, 0.1) is 4.90 Å². The van der Waals surface area contributed by atoms with Gasteiger partial charge >= 0.3 is 0 Å². The highest BCUT2D eigenvalue weighted by Crippen LogP contribution is 2.17. The molecule has 19 heavy (non-hydrogen) atoms. The molecule has 1 rings (SSSR count). The Morgan fingerprint density at radius 3 is 2.26 bits per heavy atom. The standard InChI is InChI=1S/C13H22N2O3S/c1-4-11(5-2)10-15(6-3)19(17,18)12-7-8-13(16)14-9-12/h7-9,11H,4-6,10H2,1-3H3,(H,14,16). The first kappa shape index (κ1) is 15.9. The van der Waals surface area contributed by atoms with Crippen molar-refractivity contribution in [2.75, 3.05) is 13.1 Å². The summed E-state index contributed by atoms with van der Waals surface area (Å²) in [7, 11) is -3.52. The molecule has 0 aliphatic rings. The molecule has 0 unspecified atom stereocenters. The van der Waals surface area contributed by atoms with Crippen LogP contribution in [0.25, 0.3) is 0 Å². The van der Waals surface area contributed by atoms with Crippen LogP contribution in [0, 0.1) is 5.92 Å². The molecular weight excluding hydrogens is 264 g/mol. The van der Waals surface area contributed by atoms with E-state index in [0.29, 0.717) is 19.0 Å². The Labute approximate surface area is 114 Å². The van der Waals surface area contributed by atoms with E-state index in [0.717, 1.165) is 12.8 Å². The zero-order valence-corrected chi connectivity index (χ0v) is 12.5. The highest BCUT2D eigenvalue weighted by Gasteiger charge is 2.24. The number of aromatic nitrogens is 1. The molecule has 0 radical (unpaired) electrons. The van der Waals surface area contributed by atoms with E-state index in [1.807, 2.05) is 6.92 Å². The Hall–Kier alpha value is -1.14. The molecule has 0 aliphatic heterocycles. The van der Waals surface area contributed by atoms with Crippen LogP contribution < -0.4 is 5.56 Å². The molecule has 6 heteroatoms. The minimum atomic E-state index is -3.52. The molecule has 0 bridgehead atoms. The summed E-state index contributed by atoms with van der Waals surface area (Å²) < 4.78 is 26.4. The predicted molar refractivity (Wildman–Crippen MR) is 75.6 cm³/mol. The molecule has 0 aromatic carbocycles. The van der Waals surface area contributed by atoms with Crippen molar-refractivity contribution >= 4 is 10.0 Å². The second-order valence-electron chi connectivity index (χ2n) is 4.53. The van der Waals surface area contributed by atoms with Crippen molar-refractivity contribution in [3.8, 4) is 0 Å². The van der Waals surface area contributed by atoms with E-state index < -0.39 is 10.0 Å². The van der Waals surface area contributed by atoms with Gasteiger partial charge in [0.1, 0.15) is 0 Å². The molecule has 0 atom stereocenters. The molecule has 0 fully saturated rings. The predicted octanol–water partition coefficient (Wildman–Crippen LogP) is 1.82. The van der Waals surface area contributed by atoms with E-state index in [2.05, 4.69) is 18.8 Å². The number of hydrogen-bond acceptors (Lipinski definition) is 3. The molecule has 1 aromatic rings. The average molecular weight is 286 g/mol. The van der Waals surface area contributed by atoms with E-state index >= 15 is 0 Å². The third-order valence-electron chi connectivity index (χ3n) is 3.36. The van der Waals surface area contributed by atoms with Gasteiger partial charge < -0.3 is 4.98 Å². The lowest BCUT2D eigenvalue weighted by Gasteiger charge is -2.24. The molecule has 1 heterocycles. The van der Waals surface area contributed by atoms with Crippen LogP contribution in [0.5, 0.6) is 0 Å². The quantitative estimate of drug-likeness (QED) is 0.831. The summed E-state index contributed by atoms with van der Waals surface area (Å²) in [5.41, 5.74) is -0.304. The van der Waals surface area contributed by atoms with Crippen molar-refractivity contribution in [1.29, 1.82) is 0 Å². The van der Waals surface area contributed by atoms with Crippen LogP contribution in [0.1, 0.15) is 33.6 Å². The lowest BCUT2D eigenvalue weighted by molar-refractivity contribution is 0.339. The molecule has 0 aliphatic carbocycles. The van der Waals surface area contributed by atoms with Crippen LogP contribution in [0.2, 0.25) is 0 Å². The summed E-state index contributed by atoms with van der Waals surface area (Å²) in [6.07, 6.45) is 3.16. The van der Waals surface area contributed by atoms with E-state index in [9.17, 15) is 13.2 Å². The Kier molecular flexibility index (Phi) is 5.75. The van der Waals surface area contributed by atoms with Crippen LogP contribution in [-0.4, -0.2) is 30.8 Å². The number of H-pyrrole nitrogens is 1. The molecule has 108 valence electrons. The zero-order valence-electron chi connectivity index (χ0n) is 11.7. The Bertz CT molecular complexity index is 527. The average Bonchev–Trinajstić information content (AvgIpc) is 2.40. The van der Waals surface area contributed by atoms with E-state index in [4.69, 9.17) is 0 Å². The summed E-state index contributed by atoms with van der Waals surface area (Å²) in [5, 5.41) is 0. The summed E-state index contributed by atoms with van der Waals surface area (Å²) in [6.45, 7) is 6.90. The van der Waals surface area contributed by atoms with Gasteiger partial charge in [0.25, 0.3) is 0 Å². The summed E-state index contributed by atoms with van der Waals surface area (Å²) in [4.78, 5) is 13.5. The topological polar surface area (TPSA) is 70.2 Å². The van der Waals surface area contributed by atoms with Crippen LogP contribution in [-0.2, 0) is 10.0 Å². The molecule has 5 nitrogen and oxygen atoms in total. The second-order valence-corrected chi connectivity index (χ2v) is 6.46. The number of pyridine rings is 1. The van der Waals surface area contributed by atoms with E-state index in [1.54, 1.807) is 0 Å². The largest absolute Gasteiger partial charge is 0.328 e. The Balaban J connectivity index is 3.01. The van der Waals surface area contributed by atoms with Crippen molar-refractivity contribution < 1.29 is 8.42 Å². The van der Waals surface area contributed by atoms with Gasteiger partial charge in [0.15, 0.2) is 0 Å². The number of nitrogens with one attached hydrogen (secondary N) is 1. The van der Waals surface area contributed by atoms with Crippen molar-refractivity contribution in [1.82, 2.24) is 9.29 Å². The number of nitrogens with zero attached hydrogens (tertiary/aromatic N) is 1. The second kappa shape index (κ2) is 6.86. The number of rotatable bonds is 7. The number of hydrogen-bond donors (Lipinski definition) is 1. The van der Waals surface area contributed by atoms with Gasteiger partial charge in [-0.05, 0) is 12.0 Å². The van der Waals surface area contributed by atoms with Gasteiger partial charge in [-0.3, -0.25) is 4.79 Å². The fourth-order valence-electron chi connectivity index (χ4n) is 1.94. The maximum Gasteiger partial charge on any atom is 0.247 e. The van der Waals surface area contributed by atoms with Crippen LogP contribution in [0.3, 0.4) is 0 Å². The number of sulfonamides is 1. The molecular formula is C13H22N2O3S. The Morgan fingerprint density at radius 2 is 1.84 bits per heavy atom. The number of aromatic amines is 1. The minimum Gasteiger partial charge on any atom is -0.328 e. The third kappa shape index (κ3) is 3.91. The SMILES string of the molecule is CCC(CC)CN(CC)S(=O)(=O)c1ccc(=O)[nH]c1. The van der Waals surface area contributed by atoms with Crippen LogP contribution >= 0.6 is 0 Å². The molecule has 1 N–H and O–H groups in total. The molecule has 0 saturated carbocycles. The van der Waals surface area contributed by atoms with Gasteiger partial charge in [0, 0.05) is 25.4 Å².